The Kier molecular flexibility index (Phi) is 6.13. The van der Waals surface area contributed by atoms with Crippen LogP contribution in [0.4, 0.5) is 17.6 Å². The van der Waals surface area contributed by atoms with E-state index in [4.69, 9.17) is 4.74 Å². The summed E-state index contributed by atoms with van der Waals surface area (Å²) in [6.07, 6.45) is 2.22. The Morgan fingerprint density at radius 1 is 1.14 bits per heavy atom. The Morgan fingerprint density at radius 3 is 2.45 bits per heavy atom. The average Bonchev–Trinajstić information content (AvgIpc) is 3.19. The van der Waals surface area contributed by atoms with Gasteiger partial charge in [-0.3, -0.25) is 0 Å². The summed E-state index contributed by atoms with van der Waals surface area (Å²) in [6, 6.07) is 8.53. The van der Waals surface area contributed by atoms with Gasteiger partial charge in [0.25, 0.3) is 0 Å². The summed E-state index contributed by atoms with van der Waals surface area (Å²) in [5.41, 5.74) is -3.19. The number of nitrogens with zero attached hydrogens (tertiary/aromatic N) is 3. The topological polar surface area (TPSA) is 60.2 Å². The second-order valence-corrected chi connectivity index (χ2v) is 7.32. The van der Waals surface area contributed by atoms with Crippen LogP contribution in [0.1, 0.15) is 11.1 Å². The van der Waals surface area contributed by atoms with Crippen molar-refractivity contribution in [2.45, 2.75) is 23.2 Å². The van der Waals surface area contributed by atoms with E-state index in [0.717, 1.165) is 29.5 Å². The van der Waals surface area contributed by atoms with Crippen molar-refractivity contribution >= 4 is 11.8 Å². The van der Waals surface area contributed by atoms with Crippen LogP contribution in [-0.2, 0) is 17.9 Å². The summed E-state index contributed by atoms with van der Waals surface area (Å²) >= 11 is 0.136. The first kappa shape index (κ1) is 21.1. The Labute approximate surface area is 168 Å². The highest BCUT2D eigenvalue weighted by molar-refractivity contribution is 7.99. The minimum atomic E-state index is -3.85. The number of alkyl halides is 2. The normalized spacial score (nSPS) is 13.9. The maximum atomic E-state index is 15.2. The van der Waals surface area contributed by atoms with E-state index in [1.54, 1.807) is 24.3 Å². The smallest absolute Gasteiger partial charge is 0.328 e. The lowest BCUT2D eigenvalue weighted by molar-refractivity contribution is -0.139. The summed E-state index contributed by atoms with van der Waals surface area (Å²) in [4.78, 5) is 3.65. The number of hydrogen-bond acceptors (Lipinski definition) is 5. The summed E-state index contributed by atoms with van der Waals surface area (Å²) in [5.74, 6) is -1.82. The molecule has 29 heavy (non-hydrogen) atoms. The number of rotatable bonds is 8. The van der Waals surface area contributed by atoms with Crippen molar-refractivity contribution in [3.63, 3.8) is 0 Å². The number of ether oxygens (including phenoxy) is 1. The Balaban J connectivity index is 1.92. The Bertz CT molecular complexity index is 955. The SMILES string of the molecule is COc1ccc(CSC(F)(F)C(O)(Cn2cncn2)c2ccc(F)cc2F)cc1. The molecule has 3 aromatic rings. The van der Waals surface area contributed by atoms with E-state index < -0.39 is 34.6 Å². The van der Waals surface area contributed by atoms with E-state index in [0.29, 0.717) is 17.4 Å². The summed E-state index contributed by atoms with van der Waals surface area (Å²) in [5, 5.41) is 10.8. The van der Waals surface area contributed by atoms with Crippen LogP contribution in [0.2, 0.25) is 0 Å². The van der Waals surface area contributed by atoms with Crippen LogP contribution in [0, 0.1) is 11.6 Å². The quantitative estimate of drug-likeness (QED) is 0.551. The fraction of sp³-hybridized carbons (Fsp3) is 0.263. The molecule has 1 heterocycles. The molecular weight excluding hydrogens is 410 g/mol. The van der Waals surface area contributed by atoms with Gasteiger partial charge in [0.15, 0.2) is 5.60 Å². The third kappa shape index (κ3) is 4.54. The number of aliphatic hydroxyl groups is 1. The van der Waals surface area contributed by atoms with Crippen LogP contribution in [0.5, 0.6) is 5.75 Å². The van der Waals surface area contributed by atoms with E-state index in [9.17, 15) is 13.9 Å². The first-order valence-corrected chi connectivity index (χ1v) is 9.39. The molecule has 1 unspecified atom stereocenters. The van der Waals surface area contributed by atoms with Gasteiger partial charge in [-0.2, -0.15) is 13.9 Å². The maximum Gasteiger partial charge on any atom is 0.328 e. The molecule has 0 saturated carbocycles. The van der Waals surface area contributed by atoms with Gasteiger partial charge < -0.3 is 9.84 Å². The van der Waals surface area contributed by atoms with Crippen molar-refractivity contribution in [1.82, 2.24) is 14.8 Å². The molecule has 0 aliphatic carbocycles. The summed E-state index contributed by atoms with van der Waals surface area (Å²) in [7, 11) is 1.49. The lowest BCUT2D eigenvalue weighted by Gasteiger charge is -2.35. The Morgan fingerprint density at radius 2 is 1.86 bits per heavy atom. The molecule has 0 bridgehead atoms. The molecule has 1 aromatic heterocycles. The molecular formula is C19H17F4N3O2S. The maximum absolute atomic E-state index is 15.2. The molecule has 0 radical (unpaired) electrons. The fourth-order valence-corrected chi connectivity index (χ4v) is 3.68. The number of hydrogen-bond donors (Lipinski definition) is 1. The predicted molar refractivity (Wildman–Crippen MR) is 99.5 cm³/mol. The third-order valence-corrected chi connectivity index (χ3v) is 5.47. The van der Waals surface area contributed by atoms with Gasteiger partial charge in [-0.05, 0) is 29.8 Å². The largest absolute Gasteiger partial charge is 0.497 e. The molecule has 0 aliphatic heterocycles. The first-order chi connectivity index (χ1) is 13.7. The van der Waals surface area contributed by atoms with Gasteiger partial charge in [0.1, 0.15) is 30.0 Å². The molecule has 5 nitrogen and oxygen atoms in total. The highest BCUT2D eigenvalue weighted by Crippen LogP contribution is 2.48. The zero-order chi connectivity index (χ0) is 21.1. The molecule has 0 fully saturated rings. The molecule has 0 amide bonds. The minimum Gasteiger partial charge on any atom is -0.497 e. The number of aromatic nitrogens is 3. The molecule has 1 N–H and O–H groups in total. The molecule has 3 rings (SSSR count). The fourth-order valence-electron chi connectivity index (χ4n) is 2.72. The van der Waals surface area contributed by atoms with Gasteiger partial charge in [-0.1, -0.05) is 23.9 Å². The van der Waals surface area contributed by atoms with Gasteiger partial charge in [-0.15, -0.1) is 0 Å². The van der Waals surface area contributed by atoms with Gasteiger partial charge in [-0.25, -0.2) is 18.4 Å². The molecule has 154 valence electrons. The molecule has 0 saturated heterocycles. The van der Waals surface area contributed by atoms with Crippen molar-refractivity contribution in [1.29, 1.82) is 0 Å². The monoisotopic (exact) mass is 427 g/mol. The van der Waals surface area contributed by atoms with Crippen LogP contribution < -0.4 is 4.74 Å². The standard InChI is InChI=1S/C19H17F4N3O2S/c1-28-15-5-2-13(3-6-15)9-29-19(22,23)18(27,10-26-12-24-11-25-26)16-7-4-14(20)8-17(16)21/h2-8,11-12,27H,9-10H2,1H3. The third-order valence-electron chi connectivity index (χ3n) is 4.29. The number of methoxy groups -OCH3 is 1. The predicted octanol–water partition coefficient (Wildman–Crippen LogP) is 3.98. The number of thioether (sulfide) groups is 1. The molecule has 1 atom stereocenters. The van der Waals surface area contributed by atoms with E-state index >= 15 is 8.78 Å². The zero-order valence-electron chi connectivity index (χ0n) is 15.2. The Hall–Kier alpha value is -2.59. The molecule has 2 aromatic carbocycles. The van der Waals surface area contributed by atoms with E-state index in [1.165, 1.54) is 7.11 Å². The number of halogens is 4. The van der Waals surface area contributed by atoms with E-state index in [-0.39, 0.29) is 17.5 Å². The minimum absolute atomic E-state index is 0.136. The van der Waals surface area contributed by atoms with Gasteiger partial charge in [0, 0.05) is 17.4 Å². The van der Waals surface area contributed by atoms with Crippen molar-refractivity contribution in [3.8, 4) is 5.75 Å². The van der Waals surface area contributed by atoms with Crippen molar-refractivity contribution in [2.24, 2.45) is 0 Å². The molecule has 0 aliphatic rings. The van der Waals surface area contributed by atoms with Crippen LogP contribution >= 0.6 is 11.8 Å². The number of benzene rings is 2. The van der Waals surface area contributed by atoms with E-state index in [2.05, 4.69) is 10.1 Å². The van der Waals surface area contributed by atoms with Crippen molar-refractivity contribution in [3.05, 3.63) is 77.9 Å². The molecule has 0 spiro atoms. The second kappa shape index (κ2) is 8.42. The van der Waals surface area contributed by atoms with Crippen LogP contribution in [0.25, 0.3) is 0 Å². The second-order valence-electron chi connectivity index (χ2n) is 6.23. The van der Waals surface area contributed by atoms with Crippen LogP contribution in [0.15, 0.2) is 55.1 Å². The van der Waals surface area contributed by atoms with Gasteiger partial charge in [0.05, 0.1) is 13.7 Å². The molecule has 10 heteroatoms. The average molecular weight is 427 g/mol. The van der Waals surface area contributed by atoms with Gasteiger partial charge >= 0.3 is 5.25 Å². The lowest BCUT2D eigenvalue weighted by atomic mass is 9.93. The zero-order valence-corrected chi connectivity index (χ0v) is 16.0. The lowest BCUT2D eigenvalue weighted by Crippen LogP contribution is -2.47. The van der Waals surface area contributed by atoms with Gasteiger partial charge in [0.2, 0.25) is 0 Å². The first-order valence-electron chi connectivity index (χ1n) is 8.40. The highest BCUT2D eigenvalue weighted by Gasteiger charge is 2.56. The van der Waals surface area contributed by atoms with E-state index in [1.807, 2.05) is 0 Å². The summed E-state index contributed by atoms with van der Waals surface area (Å²) in [6.45, 7) is -0.780. The highest BCUT2D eigenvalue weighted by atomic mass is 32.2. The van der Waals surface area contributed by atoms with Crippen LogP contribution in [-0.4, -0.2) is 32.2 Å². The summed E-state index contributed by atoms with van der Waals surface area (Å²) < 4.78 is 64.1. The van der Waals surface area contributed by atoms with Crippen molar-refractivity contribution < 1.29 is 27.4 Å². The van der Waals surface area contributed by atoms with Crippen LogP contribution in [0.3, 0.4) is 0 Å². The van der Waals surface area contributed by atoms with Crippen molar-refractivity contribution in [2.75, 3.05) is 7.11 Å².